The fraction of sp³-hybridized carbons (Fsp3) is 0.889. The van der Waals surface area contributed by atoms with Crippen molar-refractivity contribution in [1.29, 1.82) is 0 Å². The summed E-state index contributed by atoms with van der Waals surface area (Å²) in [5, 5.41) is 13.1. The molecule has 0 aromatic rings. The van der Waals surface area contributed by atoms with Crippen LogP contribution in [0, 0.1) is 11.8 Å². The van der Waals surface area contributed by atoms with Crippen molar-refractivity contribution in [2.75, 3.05) is 13.1 Å². The molecule has 1 aliphatic carbocycles. The molecule has 0 aromatic carbocycles. The van der Waals surface area contributed by atoms with Crippen LogP contribution in [0.1, 0.15) is 65.2 Å². The van der Waals surface area contributed by atoms with Gasteiger partial charge in [0.05, 0.1) is 6.10 Å². The Morgan fingerprint density at radius 1 is 1.26 bits per heavy atom. The fourth-order valence-electron chi connectivity index (χ4n) is 3.81. The maximum absolute atomic E-state index is 12.6. The molecule has 0 radical (unpaired) electrons. The second-order valence-electron chi connectivity index (χ2n) is 7.55. The summed E-state index contributed by atoms with van der Waals surface area (Å²) in [6.45, 7) is 5.12. The van der Waals surface area contributed by atoms with Crippen LogP contribution < -0.4 is 5.32 Å². The number of nitrogens with zero attached hydrogens (tertiary/aromatic N) is 1. The molecule has 0 bridgehead atoms. The zero-order valence-electron chi connectivity index (χ0n) is 14.6. The van der Waals surface area contributed by atoms with Gasteiger partial charge in [-0.3, -0.25) is 9.59 Å². The molecule has 1 aliphatic heterocycles. The molecule has 1 heterocycles. The highest BCUT2D eigenvalue weighted by atomic mass is 16.3. The van der Waals surface area contributed by atoms with E-state index in [1.165, 1.54) is 12.8 Å². The van der Waals surface area contributed by atoms with Crippen LogP contribution in [0.25, 0.3) is 0 Å². The van der Waals surface area contributed by atoms with Crippen molar-refractivity contribution in [3.8, 4) is 0 Å². The van der Waals surface area contributed by atoms with Crippen molar-refractivity contribution in [3.05, 3.63) is 0 Å². The lowest BCUT2D eigenvalue weighted by molar-refractivity contribution is -0.143. The molecule has 2 rings (SSSR count). The molecular formula is C18H32N2O3. The third-order valence-corrected chi connectivity index (χ3v) is 5.16. The average molecular weight is 324 g/mol. The SMILES string of the molecule is CC(C)CC(C(=O)NCC(O)C1CCCC1)N1CCCCC1=O. The predicted molar refractivity (Wildman–Crippen MR) is 89.8 cm³/mol. The van der Waals surface area contributed by atoms with Gasteiger partial charge in [-0.1, -0.05) is 26.7 Å². The van der Waals surface area contributed by atoms with E-state index in [9.17, 15) is 14.7 Å². The van der Waals surface area contributed by atoms with E-state index in [0.717, 1.165) is 25.7 Å². The molecule has 2 unspecified atom stereocenters. The first-order valence-electron chi connectivity index (χ1n) is 9.24. The Morgan fingerprint density at radius 2 is 1.96 bits per heavy atom. The van der Waals surface area contributed by atoms with Gasteiger partial charge >= 0.3 is 0 Å². The molecule has 5 heteroatoms. The molecule has 23 heavy (non-hydrogen) atoms. The first-order valence-corrected chi connectivity index (χ1v) is 9.24. The topological polar surface area (TPSA) is 69.6 Å². The second-order valence-corrected chi connectivity index (χ2v) is 7.55. The first kappa shape index (κ1) is 18.2. The van der Waals surface area contributed by atoms with Gasteiger partial charge in [-0.25, -0.2) is 0 Å². The maximum atomic E-state index is 12.6. The number of nitrogens with one attached hydrogen (secondary N) is 1. The number of hydrogen-bond acceptors (Lipinski definition) is 3. The van der Waals surface area contributed by atoms with Crippen molar-refractivity contribution in [2.24, 2.45) is 11.8 Å². The summed E-state index contributed by atoms with van der Waals surface area (Å²) in [5.74, 6) is 0.648. The van der Waals surface area contributed by atoms with E-state index >= 15 is 0 Å². The van der Waals surface area contributed by atoms with Gasteiger partial charge in [0, 0.05) is 19.5 Å². The van der Waals surface area contributed by atoms with Gasteiger partial charge in [-0.2, -0.15) is 0 Å². The van der Waals surface area contributed by atoms with E-state index in [1.807, 2.05) is 0 Å². The van der Waals surface area contributed by atoms with E-state index in [0.29, 0.717) is 37.8 Å². The van der Waals surface area contributed by atoms with Gasteiger partial charge in [0.2, 0.25) is 11.8 Å². The normalized spacial score (nSPS) is 22.4. The average Bonchev–Trinajstić information content (AvgIpc) is 3.05. The minimum Gasteiger partial charge on any atom is -0.391 e. The summed E-state index contributed by atoms with van der Waals surface area (Å²) in [7, 11) is 0. The molecule has 0 spiro atoms. The van der Waals surface area contributed by atoms with Crippen LogP contribution in [-0.4, -0.2) is 47.1 Å². The van der Waals surface area contributed by atoms with Crippen LogP contribution in [0.3, 0.4) is 0 Å². The maximum Gasteiger partial charge on any atom is 0.242 e. The fourth-order valence-corrected chi connectivity index (χ4v) is 3.81. The van der Waals surface area contributed by atoms with E-state index in [2.05, 4.69) is 19.2 Å². The Bertz CT molecular complexity index is 405. The van der Waals surface area contributed by atoms with E-state index in [4.69, 9.17) is 0 Å². The third kappa shape index (κ3) is 5.20. The molecule has 2 amide bonds. The minimum absolute atomic E-state index is 0.0911. The van der Waals surface area contributed by atoms with Gasteiger partial charge < -0.3 is 15.3 Å². The lowest BCUT2D eigenvalue weighted by Gasteiger charge is -2.35. The monoisotopic (exact) mass is 324 g/mol. The van der Waals surface area contributed by atoms with Crippen LogP contribution >= 0.6 is 0 Å². The van der Waals surface area contributed by atoms with Crippen molar-refractivity contribution >= 4 is 11.8 Å². The Balaban J connectivity index is 1.91. The Labute approximate surface area is 139 Å². The van der Waals surface area contributed by atoms with Crippen molar-refractivity contribution < 1.29 is 14.7 Å². The number of aliphatic hydroxyl groups excluding tert-OH is 1. The Hall–Kier alpha value is -1.10. The summed E-state index contributed by atoms with van der Waals surface area (Å²) in [6.07, 6.45) is 7.11. The highest BCUT2D eigenvalue weighted by molar-refractivity contribution is 5.88. The van der Waals surface area contributed by atoms with Crippen LogP contribution in [-0.2, 0) is 9.59 Å². The smallest absolute Gasteiger partial charge is 0.242 e. The van der Waals surface area contributed by atoms with Crippen LogP contribution in [0.4, 0.5) is 0 Å². The molecule has 2 atom stereocenters. The Morgan fingerprint density at radius 3 is 2.57 bits per heavy atom. The molecule has 132 valence electrons. The van der Waals surface area contributed by atoms with Gasteiger partial charge in [0.1, 0.15) is 6.04 Å². The number of aliphatic hydroxyl groups is 1. The standard InChI is InChI=1S/C18H32N2O3/c1-13(2)11-15(20-10-6-5-9-17(20)22)18(23)19-12-16(21)14-7-3-4-8-14/h13-16,21H,3-12H2,1-2H3,(H,19,23). The molecular weight excluding hydrogens is 292 g/mol. The van der Waals surface area contributed by atoms with Crippen molar-refractivity contribution in [3.63, 3.8) is 0 Å². The molecule has 2 fully saturated rings. The molecule has 2 aliphatic rings. The van der Waals surface area contributed by atoms with E-state index in [-0.39, 0.29) is 11.8 Å². The number of carbonyl (C=O) groups excluding carboxylic acids is 2. The highest BCUT2D eigenvalue weighted by Crippen LogP contribution is 2.27. The zero-order chi connectivity index (χ0) is 16.8. The lowest BCUT2D eigenvalue weighted by Crippen LogP contribution is -2.53. The molecule has 2 N–H and O–H groups in total. The Kier molecular flexibility index (Phi) is 6.88. The summed E-state index contributed by atoms with van der Waals surface area (Å²) in [5.41, 5.74) is 0. The summed E-state index contributed by atoms with van der Waals surface area (Å²) in [6, 6.07) is -0.390. The summed E-state index contributed by atoms with van der Waals surface area (Å²) >= 11 is 0. The first-order chi connectivity index (χ1) is 11.0. The number of likely N-dealkylation sites (tertiary alicyclic amines) is 1. The van der Waals surface area contributed by atoms with Gasteiger partial charge in [-0.15, -0.1) is 0 Å². The zero-order valence-corrected chi connectivity index (χ0v) is 14.6. The predicted octanol–water partition coefficient (Wildman–Crippen LogP) is 2.08. The number of carbonyl (C=O) groups is 2. The number of amides is 2. The molecule has 0 aromatic heterocycles. The molecule has 1 saturated carbocycles. The van der Waals surface area contributed by atoms with E-state index in [1.54, 1.807) is 4.90 Å². The number of hydrogen-bond donors (Lipinski definition) is 2. The lowest BCUT2D eigenvalue weighted by atomic mass is 9.98. The van der Waals surface area contributed by atoms with Gasteiger partial charge in [-0.05, 0) is 43.9 Å². The summed E-state index contributed by atoms with van der Waals surface area (Å²) < 4.78 is 0. The highest BCUT2D eigenvalue weighted by Gasteiger charge is 2.32. The van der Waals surface area contributed by atoms with Crippen LogP contribution in [0.5, 0.6) is 0 Å². The van der Waals surface area contributed by atoms with Crippen molar-refractivity contribution in [2.45, 2.75) is 77.4 Å². The quantitative estimate of drug-likeness (QED) is 0.753. The van der Waals surface area contributed by atoms with E-state index < -0.39 is 12.1 Å². The van der Waals surface area contributed by atoms with Crippen LogP contribution in [0.15, 0.2) is 0 Å². The van der Waals surface area contributed by atoms with Crippen LogP contribution in [0.2, 0.25) is 0 Å². The second kappa shape index (κ2) is 8.67. The van der Waals surface area contributed by atoms with Crippen molar-refractivity contribution in [1.82, 2.24) is 10.2 Å². The third-order valence-electron chi connectivity index (χ3n) is 5.16. The number of rotatable bonds is 7. The molecule has 5 nitrogen and oxygen atoms in total. The van der Waals surface area contributed by atoms with Gasteiger partial charge in [0.25, 0.3) is 0 Å². The van der Waals surface area contributed by atoms with Gasteiger partial charge in [0.15, 0.2) is 0 Å². The largest absolute Gasteiger partial charge is 0.391 e. The minimum atomic E-state index is -0.460. The number of piperidine rings is 1. The molecule has 1 saturated heterocycles. The summed E-state index contributed by atoms with van der Waals surface area (Å²) in [4.78, 5) is 26.5.